The third-order valence-electron chi connectivity index (χ3n) is 3.51. The fourth-order valence-electron chi connectivity index (χ4n) is 2.40. The normalized spacial score (nSPS) is 22.6. The maximum atomic E-state index is 13.7. The molecule has 4 nitrogen and oxygen atoms in total. The first kappa shape index (κ1) is 13.8. The number of carbonyl (C=O) groups excluding carboxylic acids is 1. The molecule has 1 aliphatic heterocycles. The van der Waals surface area contributed by atoms with E-state index in [0.717, 1.165) is 6.07 Å². The molecule has 0 bridgehead atoms. The molecule has 2 atom stereocenters. The van der Waals surface area contributed by atoms with Crippen molar-refractivity contribution in [2.45, 2.75) is 19.4 Å². The third kappa shape index (κ3) is 2.42. The first-order chi connectivity index (χ1) is 8.93. The highest BCUT2D eigenvalue weighted by Gasteiger charge is 2.39. The Morgan fingerprint density at radius 2 is 2.16 bits per heavy atom. The van der Waals surface area contributed by atoms with Crippen molar-refractivity contribution < 1.29 is 19.1 Å². The van der Waals surface area contributed by atoms with Gasteiger partial charge in [-0.15, -0.1) is 0 Å². The second-order valence-corrected chi connectivity index (χ2v) is 4.98. The van der Waals surface area contributed by atoms with Gasteiger partial charge in [0, 0.05) is 12.6 Å². The molecule has 102 valence electrons. The van der Waals surface area contributed by atoms with E-state index in [1.54, 1.807) is 6.92 Å². The van der Waals surface area contributed by atoms with Crippen LogP contribution in [0.2, 0.25) is 5.02 Å². The molecule has 0 aliphatic carbocycles. The standard InChI is InChI=1S/C13H13ClFNO3/c1-7-8(13(18)19)5-6-16(7)12(17)11-9(14)3-2-4-10(11)15/h2-4,7-8H,5-6H2,1H3,(H,18,19). The molecule has 1 aromatic carbocycles. The van der Waals surface area contributed by atoms with Gasteiger partial charge in [0.05, 0.1) is 16.5 Å². The van der Waals surface area contributed by atoms with Crippen LogP contribution in [0.4, 0.5) is 4.39 Å². The van der Waals surface area contributed by atoms with Crippen LogP contribution in [0.25, 0.3) is 0 Å². The van der Waals surface area contributed by atoms with E-state index in [1.165, 1.54) is 17.0 Å². The number of halogens is 2. The summed E-state index contributed by atoms with van der Waals surface area (Å²) in [5.41, 5.74) is -0.193. The lowest BCUT2D eigenvalue weighted by Gasteiger charge is -2.23. The zero-order valence-corrected chi connectivity index (χ0v) is 11.0. The number of rotatable bonds is 2. The number of hydrogen-bond donors (Lipinski definition) is 1. The minimum Gasteiger partial charge on any atom is -0.481 e. The average Bonchev–Trinajstić information content (AvgIpc) is 2.70. The highest BCUT2D eigenvalue weighted by Crippen LogP contribution is 2.29. The fraction of sp³-hybridized carbons (Fsp3) is 0.385. The lowest BCUT2D eigenvalue weighted by Crippen LogP contribution is -2.38. The van der Waals surface area contributed by atoms with E-state index < -0.39 is 29.7 Å². The molecule has 0 aromatic heterocycles. The molecule has 0 spiro atoms. The second-order valence-electron chi connectivity index (χ2n) is 4.57. The van der Waals surface area contributed by atoms with Crippen LogP contribution in [0, 0.1) is 11.7 Å². The second kappa shape index (κ2) is 5.17. The van der Waals surface area contributed by atoms with Crippen molar-refractivity contribution in [2.24, 2.45) is 5.92 Å². The summed E-state index contributed by atoms with van der Waals surface area (Å²) in [6.45, 7) is 1.94. The molecule has 1 saturated heterocycles. The van der Waals surface area contributed by atoms with Crippen LogP contribution in [-0.2, 0) is 4.79 Å². The Bertz CT molecular complexity index is 514. The molecule has 2 rings (SSSR count). The van der Waals surface area contributed by atoms with Gasteiger partial charge in [0.15, 0.2) is 0 Å². The summed E-state index contributed by atoms with van der Waals surface area (Å²) < 4.78 is 13.7. The minimum atomic E-state index is -0.942. The Morgan fingerprint density at radius 1 is 1.47 bits per heavy atom. The van der Waals surface area contributed by atoms with Crippen LogP contribution in [-0.4, -0.2) is 34.5 Å². The number of hydrogen-bond acceptors (Lipinski definition) is 2. The van der Waals surface area contributed by atoms with E-state index in [-0.39, 0.29) is 10.6 Å². The Balaban J connectivity index is 2.29. The van der Waals surface area contributed by atoms with Gasteiger partial charge in [-0.05, 0) is 25.5 Å². The molecular weight excluding hydrogens is 273 g/mol. The monoisotopic (exact) mass is 285 g/mol. The van der Waals surface area contributed by atoms with Gasteiger partial charge in [-0.2, -0.15) is 0 Å². The Kier molecular flexibility index (Phi) is 3.75. The van der Waals surface area contributed by atoms with E-state index in [0.29, 0.717) is 13.0 Å². The highest BCUT2D eigenvalue weighted by molar-refractivity contribution is 6.33. The maximum absolute atomic E-state index is 13.7. The van der Waals surface area contributed by atoms with Crippen LogP contribution in [0.1, 0.15) is 23.7 Å². The van der Waals surface area contributed by atoms with Crippen LogP contribution < -0.4 is 0 Å². The summed E-state index contributed by atoms with van der Waals surface area (Å²) >= 11 is 5.85. The number of carboxylic acids is 1. The number of amides is 1. The van der Waals surface area contributed by atoms with Gasteiger partial charge in [-0.25, -0.2) is 4.39 Å². The van der Waals surface area contributed by atoms with Crippen molar-refractivity contribution >= 4 is 23.5 Å². The first-order valence-corrected chi connectivity index (χ1v) is 6.29. The Morgan fingerprint density at radius 3 is 2.68 bits per heavy atom. The third-order valence-corrected chi connectivity index (χ3v) is 3.82. The lowest BCUT2D eigenvalue weighted by molar-refractivity contribution is -0.142. The SMILES string of the molecule is CC1C(C(=O)O)CCN1C(=O)c1c(F)cccc1Cl. The van der Waals surface area contributed by atoms with Gasteiger partial charge in [0.25, 0.3) is 5.91 Å². The quantitative estimate of drug-likeness (QED) is 0.908. The smallest absolute Gasteiger partial charge is 0.308 e. The van der Waals surface area contributed by atoms with Crippen molar-refractivity contribution in [1.29, 1.82) is 0 Å². The molecule has 0 saturated carbocycles. The molecule has 2 unspecified atom stereocenters. The topological polar surface area (TPSA) is 57.6 Å². The molecule has 0 radical (unpaired) electrons. The summed E-state index contributed by atoms with van der Waals surface area (Å²) in [5, 5.41) is 9.06. The fourth-order valence-corrected chi connectivity index (χ4v) is 2.65. The van der Waals surface area contributed by atoms with Crippen LogP contribution >= 0.6 is 11.6 Å². The van der Waals surface area contributed by atoms with Crippen molar-refractivity contribution in [3.63, 3.8) is 0 Å². The Hall–Kier alpha value is -1.62. The largest absolute Gasteiger partial charge is 0.481 e. The van der Waals surface area contributed by atoms with Crippen molar-refractivity contribution in [3.05, 3.63) is 34.6 Å². The number of likely N-dealkylation sites (tertiary alicyclic amines) is 1. The lowest BCUT2D eigenvalue weighted by atomic mass is 10.0. The molecule has 1 fully saturated rings. The van der Waals surface area contributed by atoms with E-state index in [9.17, 15) is 14.0 Å². The molecular formula is C13H13ClFNO3. The summed E-state index contributed by atoms with van der Waals surface area (Å²) in [4.78, 5) is 24.7. The van der Waals surface area contributed by atoms with Gasteiger partial charge in [0.1, 0.15) is 5.82 Å². The molecule has 1 amide bonds. The van der Waals surface area contributed by atoms with E-state index in [4.69, 9.17) is 16.7 Å². The van der Waals surface area contributed by atoms with Crippen molar-refractivity contribution in [2.75, 3.05) is 6.54 Å². The molecule has 1 aromatic rings. The number of carbonyl (C=O) groups is 2. The molecule has 1 aliphatic rings. The van der Waals surface area contributed by atoms with Crippen molar-refractivity contribution in [3.8, 4) is 0 Å². The zero-order chi connectivity index (χ0) is 14.2. The molecule has 1 N–H and O–H groups in total. The summed E-state index contributed by atoms with van der Waals surface area (Å²) in [5.74, 6) is -2.81. The van der Waals surface area contributed by atoms with E-state index in [2.05, 4.69) is 0 Å². The molecule has 19 heavy (non-hydrogen) atoms. The van der Waals surface area contributed by atoms with E-state index >= 15 is 0 Å². The summed E-state index contributed by atoms with van der Waals surface area (Å²) in [6.07, 6.45) is 0.369. The number of nitrogens with zero attached hydrogens (tertiary/aromatic N) is 1. The average molecular weight is 286 g/mol. The first-order valence-electron chi connectivity index (χ1n) is 5.91. The predicted octanol–water partition coefficient (Wildman–Crippen LogP) is 2.41. The number of carboxylic acid groups (broad SMARTS) is 1. The molecule has 6 heteroatoms. The van der Waals surface area contributed by atoms with Gasteiger partial charge in [-0.1, -0.05) is 17.7 Å². The maximum Gasteiger partial charge on any atom is 0.308 e. The van der Waals surface area contributed by atoms with Gasteiger partial charge in [-0.3, -0.25) is 9.59 Å². The highest BCUT2D eigenvalue weighted by atomic mass is 35.5. The van der Waals surface area contributed by atoms with Crippen LogP contribution in [0.15, 0.2) is 18.2 Å². The van der Waals surface area contributed by atoms with Crippen molar-refractivity contribution in [1.82, 2.24) is 4.90 Å². The summed E-state index contributed by atoms with van der Waals surface area (Å²) in [6, 6.07) is 3.55. The summed E-state index contributed by atoms with van der Waals surface area (Å²) in [7, 11) is 0. The van der Waals surface area contributed by atoms with Gasteiger partial charge >= 0.3 is 5.97 Å². The Labute approximate surface area is 114 Å². The van der Waals surface area contributed by atoms with E-state index in [1.807, 2.05) is 0 Å². The predicted molar refractivity (Wildman–Crippen MR) is 67.7 cm³/mol. The minimum absolute atomic E-state index is 0.0379. The number of aliphatic carboxylic acids is 1. The van der Waals surface area contributed by atoms with Gasteiger partial charge < -0.3 is 10.0 Å². The van der Waals surface area contributed by atoms with Crippen LogP contribution in [0.3, 0.4) is 0 Å². The molecule has 1 heterocycles. The van der Waals surface area contributed by atoms with Crippen LogP contribution in [0.5, 0.6) is 0 Å². The van der Waals surface area contributed by atoms with Gasteiger partial charge in [0.2, 0.25) is 0 Å². The number of benzene rings is 1. The zero-order valence-electron chi connectivity index (χ0n) is 10.3.